The minimum Gasteiger partial charge on any atom is -0.0739 e. The summed E-state index contributed by atoms with van der Waals surface area (Å²) in [5.41, 5.74) is 0. The molecular weight excluding hydrogens is 296 g/mol. The van der Waals surface area contributed by atoms with Crippen LogP contribution in [0, 0.1) is 0 Å². The summed E-state index contributed by atoms with van der Waals surface area (Å²) in [6.07, 6.45) is 0. The molecule has 0 unspecified atom stereocenters. The average Bonchev–Trinajstić information content (AvgIpc) is 2.45. The van der Waals surface area contributed by atoms with Gasteiger partial charge in [0, 0.05) is 9.79 Å². The normalized spacial score (nSPS) is 10.8. The molecule has 4 heteroatoms. The number of hydrogen-bond acceptors (Lipinski definition) is 4. The van der Waals surface area contributed by atoms with Crippen LogP contribution in [0.25, 0.3) is 0 Å². The largest absolute Gasteiger partial charge is 0.0739 e. The first kappa shape index (κ1) is 14.3. The third-order valence-corrected chi connectivity index (χ3v) is 8.48. The van der Waals surface area contributed by atoms with Crippen LogP contribution in [0.3, 0.4) is 0 Å². The summed E-state index contributed by atoms with van der Waals surface area (Å²) in [5.74, 6) is 0. The van der Waals surface area contributed by atoms with Gasteiger partial charge in [-0.2, -0.15) is 0 Å². The molecule has 0 nitrogen and oxygen atoms in total. The zero-order chi connectivity index (χ0) is 12.6. The van der Waals surface area contributed by atoms with Crippen LogP contribution >= 0.6 is 43.2 Å². The topological polar surface area (TPSA) is 0 Å². The van der Waals surface area contributed by atoms with E-state index in [0.29, 0.717) is 4.58 Å². The third-order valence-electron chi connectivity index (χ3n) is 2.05. The predicted molar refractivity (Wildman–Crippen MR) is 89.2 cm³/mol. The zero-order valence-electron chi connectivity index (χ0n) is 9.98. The van der Waals surface area contributed by atoms with E-state index in [0.717, 1.165) is 0 Å². The highest BCUT2D eigenvalue weighted by atomic mass is 33.1. The van der Waals surface area contributed by atoms with E-state index in [2.05, 4.69) is 67.6 Å². The van der Waals surface area contributed by atoms with Crippen molar-refractivity contribution in [3.8, 4) is 0 Å². The van der Waals surface area contributed by atoms with Gasteiger partial charge in [-0.3, -0.25) is 0 Å². The standard InChI is InChI=1S/C14H14S4/c1-12(15-17-13-8-4-2-5-9-13)16-18-14-10-6-3-7-11-14/h2-12H,1H3. The summed E-state index contributed by atoms with van der Waals surface area (Å²) in [6.45, 7) is 2.25. The lowest BCUT2D eigenvalue weighted by Crippen LogP contribution is -1.81. The van der Waals surface area contributed by atoms with Crippen LogP contribution in [0.4, 0.5) is 0 Å². The maximum absolute atomic E-state index is 2.25. The molecule has 0 aliphatic rings. The molecule has 0 N–H and O–H groups in total. The highest BCUT2D eigenvalue weighted by Gasteiger charge is 2.05. The SMILES string of the molecule is CC(SSc1ccccc1)SSc1ccccc1. The minimum absolute atomic E-state index is 0.556. The Kier molecular flexibility index (Phi) is 6.41. The van der Waals surface area contributed by atoms with Gasteiger partial charge in [-0.25, -0.2) is 0 Å². The molecular formula is C14H14S4. The first-order chi connectivity index (χ1) is 8.84. The molecule has 18 heavy (non-hydrogen) atoms. The van der Waals surface area contributed by atoms with Crippen LogP contribution in [0.2, 0.25) is 0 Å². The van der Waals surface area contributed by atoms with Gasteiger partial charge in [-0.05, 0) is 31.2 Å². The number of hydrogen-bond donors (Lipinski definition) is 0. The molecule has 2 rings (SSSR count). The fraction of sp³-hybridized carbons (Fsp3) is 0.143. The van der Waals surface area contributed by atoms with Crippen molar-refractivity contribution in [2.24, 2.45) is 0 Å². The van der Waals surface area contributed by atoms with Crippen molar-refractivity contribution in [3.63, 3.8) is 0 Å². The van der Waals surface area contributed by atoms with Gasteiger partial charge in [0.2, 0.25) is 0 Å². The van der Waals surface area contributed by atoms with Crippen molar-refractivity contribution in [2.45, 2.75) is 21.3 Å². The van der Waals surface area contributed by atoms with Gasteiger partial charge in [0.15, 0.2) is 0 Å². The molecule has 0 radical (unpaired) electrons. The summed E-state index contributed by atoms with van der Waals surface area (Å²) in [7, 11) is 7.51. The lowest BCUT2D eigenvalue weighted by Gasteiger charge is -2.09. The van der Waals surface area contributed by atoms with E-state index in [1.165, 1.54) is 9.79 Å². The monoisotopic (exact) mass is 310 g/mol. The van der Waals surface area contributed by atoms with E-state index in [1.54, 1.807) is 0 Å². The molecule has 0 heterocycles. The zero-order valence-corrected chi connectivity index (χ0v) is 13.2. The molecule has 2 aromatic carbocycles. The van der Waals surface area contributed by atoms with Crippen LogP contribution in [-0.4, -0.2) is 4.58 Å². The summed E-state index contributed by atoms with van der Waals surface area (Å²) < 4.78 is 0.556. The molecule has 0 aliphatic heterocycles. The summed E-state index contributed by atoms with van der Waals surface area (Å²) in [6, 6.07) is 21.0. The number of rotatable bonds is 6. The second kappa shape index (κ2) is 8.10. The fourth-order valence-electron chi connectivity index (χ4n) is 1.21. The highest BCUT2D eigenvalue weighted by Crippen LogP contribution is 2.44. The molecule has 0 amide bonds. The van der Waals surface area contributed by atoms with E-state index < -0.39 is 0 Å². The van der Waals surface area contributed by atoms with E-state index in [-0.39, 0.29) is 0 Å². The second-order valence-corrected chi connectivity index (χ2v) is 9.08. The molecule has 94 valence electrons. The van der Waals surface area contributed by atoms with Crippen LogP contribution in [-0.2, 0) is 0 Å². The maximum Gasteiger partial charge on any atom is 0.0688 e. The smallest absolute Gasteiger partial charge is 0.0688 e. The van der Waals surface area contributed by atoms with Crippen molar-refractivity contribution in [1.29, 1.82) is 0 Å². The molecule has 0 aromatic heterocycles. The molecule has 2 aromatic rings. The van der Waals surface area contributed by atoms with Crippen molar-refractivity contribution in [3.05, 3.63) is 60.7 Å². The molecule has 0 bridgehead atoms. The minimum atomic E-state index is 0.556. The van der Waals surface area contributed by atoms with Gasteiger partial charge in [-0.15, -0.1) is 0 Å². The fourth-order valence-corrected chi connectivity index (χ4v) is 6.38. The Morgan fingerprint density at radius 2 is 1.06 bits per heavy atom. The Morgan fingerprint density at radius 3 is 1.44 bits per heavy atom. The third kappa shape index (κ3) is 5.22. The first-order valence-corrected chi connectivity index (χ1v) is 10.0. The van der Waals surface area contributed by atoms with Gasteiger partial charge in [0.1, 0.15) is 0 Å². The van der Waals surface area contributed by atoms with Crippen molar-refractivity contribution in [2.75, 3.05) is 0 Å². The van der Waals surface area contributed by atoms with E-state index in [9.17, 15) is 0 Å². The first-order valence-electron chi connectivity index (χ1n) is 5.61. The summed E-state index contributed by atoms with van der Waals surface area (Å²) in [4.78, 5) is 2.64. The van der Waals surface area contributed by atoms with Crippen molar-refractivity contribution < 1.29 is 0 Å². The average molecular weight is 311 g/mol. The van der Waals surface area contributed by atoms with Gasteiger partial charge < -0.3 is 0 Å². The van der Waals surface area contributed by atoms with Gasteiger partial charge in [-0.1, -0.05) is 79.6 Å². The molecule has 0 spiro atoms. The molecule has 0 fully saturated rings. The van der Waals surface area contributed by atoms with Gasteiger partial charge in [0.05, 0.1) is 4.58 Å². The highest BCUT2D eigenvalue weighted by molar-refractivity contribution is 8.85. The van der Waals surface area contributed by atoms with Crippen LogP contribution < -0.4 is 0 Å². The lowest BCUT2D eigenvalue weighted by molar-refractivity contribution is 1.44. The predicted octanol–water partition coefficient (Wildman–Crippen LogP) is 6.21. The van der Waals surface area contributed by atoms with Gasteiger partial charge >= 0.3 is 0 Å². The van der Waals surface area contributed by atoms with E-state index in [1.807, 2.05) is 43.2 Å². The van der Waals surface area contributed by atoms with Crippen molar-refractivity contribution in [1.82, 2.24) is 0 Å². The van der Waals surface area contributed by atoms with Crippen LogP contribution in [0.15, 0.2) is 70.5 Å². The van der Waals surface area contributed by atoms with Crippen LogP contribution in [0.1, 0.15) is 6.92 Å². The Balaban J connectivity index is 1.71. The molecule has 0 saturated heterocycles. The number of benzene rings is 2. The Hall–Kier alpha value is -0.160. The lowest BCUT2D eigenvalue weighted by atomic mass is 10.4. The van der Waals surface area contributed by atoms with Crippen LogP contribution in [0.5, 0.6) is 0 Å². The Bertz CT molecular complexity index is 400. The Labute approximate surface area is 125 Å². The molecule has 0 atom stereocenters. The molecule has 0 aliphatic carbocycles. The van der Waals surface area contributed by atoms with E-state index in [4.69, 9.17) is 0 Å². The Morgan fingerprint density at radius 1 is 0.667 bits per heavy atom. The second-order valence-electron chi connectivity index (χ2n) is 3.55. The maximum atomic E-state index is 2.25. The summed E-state index contributed by atoms with van der Waals surface area (Å²) >= 11 is 0. The summed E-state index contributed by atoms with van der Waals surface area (Å²) in [5, 5.41) is 0. The van der Waals surface area contributed by atoms with E-state index >= 15 is 0 Å². The van der Waals surface area contributed by atoms with Crippen molar-refractivity contribution >= 4 is 43.2 Å². The quantitative estimate of drug-likeness (QED) is 0.459. The van der Waals surface area contributed by atoms with Gasteiger partial charge in [0.25, 0.3) is 0 Å². The molecule has 0 saturated carbocycles.